The molecule has 0 saturated heterocycles. The minimum absolute atomic E-state index is 0.00294. The van der Waals surface area contributed by atoms with Gasteiger partial charge < -0.3 is 10.2 Å². The molecule has 0 aromatic heterocycles. The number of nitrogens with zero attached hydrogens (tertiary/aromatic N) is 2. The Morgan fingerprint density at radius 1 is 0.830 bits per heavy atom. The number of benzene rings is 4. The minimum Gasteiger partial charge on any atom is -0.352 e. The highest BCUT2D eigenvalue weighted by Crippen LogP contribution is 2.31. The summed E-state index contributed by atoms with van der Waals surface area (Å²) in [5, 5.41) is 4.02. The summed E-state index contributed by atoms with van der Waals surface area (Å²) in [5.74, 6) is -0.868. The van der Waals surface area contributed by atoms with Crippen LogP contribution in [0.4, 0.5) is 5.69 Å². The summed E-state index contributed by atoms with van der Waals surface area (Å²) in [6, 6.07) is 26.4. The quantitative estimate of drug-likeness (QED) is 0.162. The van der Waals surface area contributed by atoms with Crippen LogP contribution in [0.25, 0.3) is 0 Å². The maximum absolute atomic E-state index is 14.6. The van der Waals surface area contributed by atoms with Crippen molar-refractivity contribution in [3.63, 3.8) is 0 Å². The summed E-state index contributed by atoms with van der Waals surface area (Å²) in [6.45, 7) is 1.28. The molecule has 1 aliphatic carbocycles. The van der Waals surface area contributed by atoms with Crippen molar-refractivity contribution >= 4 is 62.3 Å². The van der Waals surface area contributed by atoms with Crippen LogP contribution in [-0.4, -0.2) is 43.8 Å². The largest absolute Gasteiger partial charge is 0.352 e. The van der Waals surface area contributed by atoms with Gasteiger partial charge in [-0.25, -0.2) is 8.42 Å². The van der Waals surface area contributed by atoms with Crippen molar-refractivity contribution in [1.82, 2.24) is 10.2 Å². The van der Waals surface area contributed by atoms with E-state index >= 15 is 0 Å². The first-order valence-electron chi connectivity index (χ1n) is 15.4. The van der Waals surface area contributed by atoms with Gasteiger partial charge in [0.1, 0.15) is 12.6 Å². The molecule has 0 heterocycles. The van der Waals surface area contributed by atoms with Gasteiger partial charge in [-0.05, 0) is 73.4 Å². The molecule has 0 aliphatic heterocycles. The number of carbonyl (C=O) groups excluding carboxylic acids is 2. The predicted octanol–water partition coefficient (Wildman–Crippen LogP) is 7.85. The van der Waals surface area contributed by atoms with E-state index in [0.717, 1.165) is 41.1 Å². The van der Waals surface area contributed by atoms with E-state index in [1.165, 1.54) is 35.2 Å². The fraction of sp³-hybridized carbons (Fsp3) is 0.278. The highest BCUT2D eigenvalue weighted by molar-refractivity contribution is 7.92. The van der Waals surface area contributed by atoms with Crippen LogP contribution in [0, 0.1) is 6.92 Å². The van der Waals surface area contributed by atoms with Crippen molar-refractivity contribution in [2.45, 2.75) is 62.6 Å². The van der Waals surface area contributed by atoms with Crippen molar-refractivity contribution in [2.75, 3.05) is 10.8 Å². The number of rotatable bonds is 12. The molecule has 0 spiro atoms. The zero-order valence-corrected chi connectivity index (χ0v) is 29.0. The van der Waals surface area contributed by atoms with E-state index in [1.54, 1.807) is 30.3 Å². The van der Waals surface area contributed by atoms with Gasteiger partial charge in [0.05, 0.1) is 20.6 Å². The molecular formula is C36H36Cl3N3O4S. The molecule has 4 aromatic carbocycles. The summed E-state index contributed by atoms with van der Waals surface area (Å²) < 4.78 is 29.4. The molecule has 0 bridgehead atoms. The van der Waals surface area contributed by atoms with Crippen molar-refractivity contribution in [3.8, 4) is 0 Å². The molecule has 11 heteroatoms. The molecule has 4 aromatic rings. The Hall–Kier alpha value is -3.56. The number of nitrogens with one attached hydrogen (secondary N) is 1. The van der Waals surface area contributed by atoms with E-state index in [-0.39, 0.29) is 45.5 Å². The smallest absolute Gasteiger partial charge is 0.264 e. The van der Waals surface area contributed by atoms with Gasteiger partial charge in [0.25, 0.3) is 10.0 Å². The molecule has 1 atom stereocenters. The van der Waals surface area contributed by atoms with Crippen LogP contribution >= 0.6 is 34.8 Å². The third kappa shape index (κ3) is 8.87. The van der Waals surface area contributed by atoms with E-state index < -0.39 is 28.5 Å². The van der Waals surface area contributed by atoms with Crippen LogP contribution in [-0.2, 0) is 32.6 Å². The lowest BCUT2D eigenvalue weighted by atomic mass is 10.0. The Bertz CT molecular complexity index is 1820. The molecule has 1 fully saturated rings. The molecule has 246 valence electrons. The van der Waals surface area contributed by atoms with Crippen LogP contribution in [0.15, 0.2) is 102 Å². The maximum Gasteiger partial charge on any atom is 0.264 e. The third-order valence-corrected chi connectivity index (χ3v) is 11.1. The van der Waals surface area contributed by atoms with Gasteiger partial charge in [0, 0.05) is 24.0 Å². The van der Waals surface area contributed by atoms with Crippen molar-refractivity contribution in [2.24, 2.45) is 0 Å². The number of aryl methyl sites for hydroxylation is 1. The molecule has 0 radical (unpaired) electrons. The number of anilines is 1. The second-order valence-corrected chi connectivity index (χ2v) is 14.9. The molecule has 5 rings (SSSR count). The fourth-order valence-electron chi connectivity index (χ4n) is 5.76. The van der Waals surface area contributed by atoms with Crippen molar-refractivity contribution in [1.29, 1.82) is 0 Å². The first-order chi connectivity index (χ1) is 22.5. The monoisotopic (exact) mass is 711 g/mol. The summed E-state index contributed by atoms with van der Waals surface area (Å²) >= 11 is 18.9. The minimum atomic E-state index is -4.27. The number of amides is 2. The Morgan fingerprint density at radius 2 is 1.51 bits per heavy atom. The number of hydrogen-bond acceptors (Lipinski definition) is 4. The molecule has 1 N–H and O–H groups in total. The van der Waals surface area contributed by atoms with E-state index in [9.17, 15) is 18.0 Å². The summed E-state index contributed by atoms with van der Waals surface area (Å²) in [4.78, 5) is 30.2. The van der Waals surface area contributed by atoms with Gasteiger partial charge in [-0.3, -0.25) is 13.9 Å². The number of halogens is 3. The molecule has 47 heavy (non-hydrogen) atoms. The lowest BCUT2D eigenvalue weighted by Crippen LogP contribution is -2.54. The molecule has 0 unspecified atom stereocenters. The van der Waals surface area contributed by atoms with Gasteiger partial charge in [0.15, 0.2) is 0 Å². The SMILES string of the molecule is Cc1ccc(S(=O)(=O)N(CC(=O)N(Cc2cccc(Cl)c2)[C@H](Cc2ccccc2)C(=O)NC2CCCC2)c2ccc(Cl)c(Cl)c2)cc1. The number of hydrogen-bond donors (Lipinski definition) is 1. The van der Waals surface area contributed by atoms with Crippen LogP contribution in [0.5, 0.6) is 0 Å². The average Bonchev–Trinajstić information content (AvgIpc) is 3.56. The normalized spacial score (nSPS) is 14.0. The number of carbonyl (C=O) groups is 2. The highest BCUT2D eigenvalue weighted by Gasteiger charge is 2.35. The Morgan fingerprint density at radius 3 is 2.17 bits per heavy atom. The van der Waals surface area contributed by atoms with Crippen LogP contribution in [0.2, 0.25) is 15.1 Å². The van der Waals surface area contributed by atoms with Gasteiger partial charge in [0.2, 0.25) is 11.8 Å². The van der Waals surface area contributed by atoms with Gasteiger partial charge in [-0.2, -0.15) is 0 Å². The average molecular weight is 713 g/mol. The second kappa shape index (κ2) is 15.6. The standard InChI is InChI=1S/C36H36Cl3N3O4S/c1-25-14-17-31(18-15-25)47(45,46)42(30-16-19-32(38)33(39)22-30)24-35(43)41(23-27-10-7-11-28(37)20-27)34(21-26-8-3-2-4-9-26)36(44)40-29-12-5-6-13-29/h2-4,7-11,14-20,22,29,34H,5-6,12-13,21,23-24H2,1H3,(H,40,44)/t34-/m1/s1. The molecule has 1 saturated carbocycles. The Labute approximate surface area is 291 Å². The topological polar surface area (TPSA) is 86.8 Å². The first kappa shape index (κ1) is 34.8. The zero-order valence-electron chi connectivity index (χ0n) is 25.9. The predicted molar refractivity (Wildman–Crippen MR) is 189 cm³/mol. The molecular weight excluding hydrogens is 677 g/mol. The summed E-state index contributed by atoms with van der Waals surface area (Å²) in [7, 11) is -4.27. The van der Waals surface area contributed by atoms with Crippen LogP contribution < -0.4 is 9.62 Å². The lowest BCUT2D eigenvalue weighted by Gasteiger charge is -2.34. The summed E-state index contributed by atoms with van der Waals surface area (Å²) in [6.07, 6.45) is 4.00. The van der Waals surface area contributed by atoms with Crippen LogP contribution in [0.3, 0.4) is 0 Å². The van der Waals surface area contributed by atoms with E-state index in [4.69, 9.17) is 34.8 Å². The first-order valence-corrected chi connectivity index (χ1v) is 18.0. The van der Waals surface area contributed by atoms with Gasteiger partial charge in [-0.1, -0.05) is 108 Å². The molecule has 1 aliphatic rings. The number of sulfonamides is 1. The van der Waals surface area contributed by atoms with Gasteiger partial charge in [-0.15, -0.1) is 0 Å². The molecule has 7 nitrogen and oxygen atoms in total. The van der Waals surface area contributed by atoms with E-state index in [1.807, 2.05) is 43.3 Å². The maximum atomic E-state index is 14.6. The second-order valence-electron chi connectivity index (χ2n) is 11.8. The van der Waals surface area contributed by atoms with Crippen molar-refractivity contribution < 1.29 is 18.0 Å². The van der Waals surface area contributed by atoms with E-state index in [0.29, 0.717) is 10.6 Å². The van der Waals surface area contributed by atoms with Crippen LogP contribution in [0.1, 0.15) is 42.4 Å². The fourth-order valence-corrected chi connectivity index (χ4v) is 7.67. The molecule has 2 amide bonds. The Kier molecular flexibility index (Phi) is 11.5. The van der Waals surface area contributed by atoms with Crippen molar-refractivity contribution in [3.05, 3.63) is 129 Å². The summed E-state index contributed by atoms with van der Waals surface area (Å²) in [5.41, 5.74) is 2.59. The lowest BCUT2D eigenvalue weighted by molar-refractivity contribution is -0.140. The highest BCUT2D eigenvalue weighted by atomic mass is 35.5. The zero-order chi connectivity index (χ0) is 33.6. The van der Waals surface area contributed by atoms with E-state index in [2.05, 4.69) is 5.32 Å². The third-order valence-electron chi connectivity index (χ3n) is 8.29. The Balaban J connectivity index is 1.58. The van der Waals surface area contributed by atoms with Gasteiger partial charge >= 0.3 is 0 Å².